The van der Waals surface area contributed by atoms with Gasteiger partial charge in [-0.3, -0.25) is 4.98 Å². The van der Waals surface area contributed by atoms with Crippen LogP contribution in [0.2, 0.25) is 10.0 Å². The number of nitrogens with zero attached hydrogens (tertiary/aromatic N) is 1. The highest BCUT2D eigenvalue weighted by molar-refractivity contribution is 7.90. The third-order valence-corrected chi connectivity index (χ3v) is 5.82. The number of halogens is 2. The number of aromatic hydroxyl groups is 1. The Hall–Kier alpha value is -1.39. The van der Waals surface area contributed by atoms with Gasteiger partial charge < -0.3 is 5.11 Å². The van der Waals surface area contributed by atoms with Crippen LogP contribution in [-0.2, 0) is 26.4 Å². The van der Waals surface area contributed by atoms with Crippen LogP contribution < -0.4 is 4.72 Å². The molecule has 0 saturated heterocycles. The van der Waals surface area contributed by atoms with Crippen molar-refractivity contribution in [3.8, 4) is 5.75 Å². The van der Waals surface area contributed by atoms with E-state index in [-0.39, 0.29) is 32.1 Å². The predicted molar refractivity (Wildman–Crippen MR) is 89.5 cm³/mol. The van der Waals surface area contributed by atoms with Crippen molar-refractivity contribution in [3.63, 3.8) is 0 Å². The van der Waals surface area contributed by atoms with Gasteiger partial charge in [0.1, 0.15) is 5.75 Å². The summed E-state index contributed by atoms with van der Waals surface area (Å²) in [7, 11) is -7.48. The van der Waals surface area contributed by atoms with Crippen LogP contribution in [0.1, 0.15) is 5.69 Å². The quantitative estimate of drug-likeness (QED) is 0.778. The molecule has 0 aliphatic carbocycles. The summed E-state index contributed by atoms with van der Waals surface area (Å²) in [6.45, 7) is -0.345. The molecule has 2 rings (SSSR count). The molecule has 7 nitrogen and oxygen atoms in total. The van der Waals surface area contributed by atoms with E-state index in [1.807, 2.05) is 0 Å². The summed E-state index contributed by atoms with van der Waals surface area (Å²) in [5.41, 5.74) is -0.0286. The van der Waals surface area contributed by atoms with Crippen molar-refractivity contribution in [1.82, 2.24) is 9.71 Å². The minimum Gasteiger partial charge on any atom is -0.506 e. The molecule has 0 fully saturated rings. The number of benzene rings is 1. The van der Waals surface area contributed by atoms with Crippen molar-refractivity contribution >= 4 is 43.1 Å². The normalized spacial score (nSPS) is 12.3. The van der Waals surface area contributed by atoms with Crippen LogP contribution >= 0.6 is 23.2 Å². The number of nitrogens with one attached hydrogen (secondary N) is 1. The standard InChI is InChI=1S/C13H12Cl2N2O5S2/c1-23(19,20)11-5-13(18)12(16-6-11)7-17-24(21,22)10-3-8(14)2-9(15)4-10/h2-6,17-18H,7H2,1H3. The van der Waals surface area contributed by atoms with Gasteiger partial charge in [-0.05, 0) is 18.2 Å². The molecule has 130 valence electrons. The third kappa shape index (κ3) is 4.58. The summed E-state index contributed by atoms with van der Waals surface area (Å²) in [6.07, 6.45) is 2.00. The highest BCUT2D eigenvalue weighted by atomic mass is 35.5. The zero-order valence-corrected chi connectivity index (χ0v) is 15.3. The fourth-order valence-corrected chi connectivity index (χ4v) is 4.02. The van der Waals surface area contributed by atoms with Gasteiger partial charge in [-0.2, -0.15) is 0 Å². The Kier molecular flexibility index (Phi) is 5.41. The van der Waals surface area contributed by atoms with Crippen molar-refractivity contribution in [1.29, 1.82) is 0 Å². The Morgan fingerprint density at radius 1 is 1.04 bits per heavy atom. The van der Waals surface area contributed by atoms with Gasteiger partial charge in [0.25, 0.3) is 0 Å². The SMILES string of the molecule is CS(=O)(=O)c1cnc(CNS(=O)(=O)c2cc(Cl)cc(Cl)c2)c(O)c1. The second-order valence-electron chi connectivity index (χ2n) is 4.84. The summed E-state index contributed by atoms with van der Waals surface area (Å²) in [4.78, 5) is 3.45. The van der Waals surface area contributed by atoms with Crippen LogP contribution in [0.5, 0.6) is 5.75 Å². The maximum absolute atomic E-state index is 12.2. The largest absolute Gasteiger partial charge is 0.506 e. The highest BCUT2D eigenvalue weighted by Gasteiger charge is 2.18. The second kappa shape index (κ2) is 6.85. The van der Waals surface area contributed by atoms with E-state index in [9.17, 15) is 21.9 Å². The summed E-state index contributed by atoms with van der Waals surface area (Å²) >= 11 is 11.5. The maximum atomic E-state index is 12.2. The molecule has 0 spiro atoms. The van der Waals surface area contributed by atoms with E-state index in [2.05, 4.69) is 9.71 Å². The Bertz CT molecular complexity index is 971. The van der Waals surface area contributed by atoms with Crippen LogP contribution in [0.3, 0.4) is 0 Å². The summed E-state index contributed by atoms with van der Waals surface area (Å²) in [5.74, 6) is -0.440. The number of aromatic nitrogens is 1. The van der Waals surface area contributed by atoms with Crippen LogP contribution in [-0.4, -0.2) is 33.2 Å². The van der Waals surface area contributed by atoms with Crippen LogP contribution in [0.25, 0.3) is 0 Å². The van der Waals surface area contributed by atoms with Crippen molar-refractivity contribution in [2.24, 2.45) is 0 Å². The van der Waals surface area contributed by atoms with E-state index >= 15 is 0 Å². The topological polar surface area (TPSA) is 113 Å². The number of hydrogen-bond acceptors (Lipinski definition) is 6. The first-order valence-electron chi connectivity index (χ1n) is 6.33. The Morgan fingerprint density at radius 3 is 2.12 bits per heavy atom. The molecule has 0 aliphatic rings. The lowest BCUT2D eigenvalue weighted by atomic mass is 10.3. The van der Waals surface area contributed by atoms with Crippen molar-refractivity contribution < 1.29 is 21.9 Å². The molecule has 0 atom stereocenters. The molecule has 1 aromatic heterocycles. The van der Waals surface area contributed by atoms with Crippen LogP contribution in [0, 0.1) is 0 Å². The summed E-state index contributed by atoms with van der Waals surface area (Å²) in [5, 5.41) is 10.1. The predicted octanol–water partition coefficient (Wildman–Crippen LogP) is 1.98. The average Bonchev–Trinajstić information content (AvgIpc) is 2.44. The molecular weight excluding hydrogens is 399 g/mol. The first-order valence-corrected chi connectivity index (χ1v) is 10.5. The Balaban J connectivity index is 2.24. The molecule has 2 N–H and O–H groups in total. The Morgan fingerprint density at radius 2 is 1.62 bits per heavy atom. The highest BCUT2D eigenvalue weighted by Crippen LogP contribution is 2.23. The molecule has 0 aliphatic heterocycles. The molecule has 0 unspecified atom stereocenters. The molecule has 0 amide bonds. The second-order valence-corrected chi connectivity index (χ2v) is 9.49. The van der Waals surface area contributed by atoms with Gasteiger partial charge in [-0.1, -0.05) is 23.2 Å². The molecular formula is C13H12Cl2N2O5S2. The number of hydrogen-bond donors (Lipinski definition) is 2. The minimum atomic E-state index is -3.95. The monoisotopic (exact) mass is 410 g/mol. The number of sulfone groups is 1. The van der Waals surface area contributed by atoms with Gasteiger partial charge >= 0.3 is 0 Å². The lowest BCUT2D eigenvalue weighted by Crippen LogP contribution is -2.24. The number of rotatable bonds is 5. The van der Waals surface area contributed by atoms with Gasteiger partial charge in [0, 0.05) is 28.6 Å². The molecule has 24 heavy (non-hydrogen) atoms. The van der Waals surface area contributed by atoms with Gasteiger partial charge in [0.2, 0.25) is 10.0 Å². The lowest BCUT2D eigenvalue weighted by Gasteiger charge is -2.09. The minimum absolute atomic E-state index is 0.0286. The zero-order valence-electron chi connectivity index (χ0n) is 12.2. The zero-order chi connectivity index (χ0) is 18.1. The molecule has 0 saturated carbocycles. The first kappa shape index (κ1) is 18.9. The molecule has 1 aromatic carbocycles. The van der Waals surface area contributed by atoms with E-state index in [0.29, 0.717) is 0 Å². The fraction of sp³-hybridized carbons (Fsp3) is 0.154. The van der Waals surface area contributed by atoms with E-state index in [1.165, 1.54) is 18.2 Å². The molecule has 0 bridgehead atoms. The Labute approximate surface area is 149 Å². The van der Waals surface area contributed by atoms with Crippen LogP contribution in [0.4, 0.5) is 0 Å². The maximum Gasteiger partial charge on any atom is 0.241 e. The van der Waals surface area contributed by atoms with E-state index in [1.54, 1.807) is 0 Å². The molecule has 11 heteroatoms. The first-order chi connectivity index (χ1) is 11.0. The fourth-order valence-electron chi connectivity index (χ4n) is 1.73. The lowest BCUT2D eigenvalue weighted by molar-refractivity contribution is 0.460. The van der Waals surface area contributed by atoms with Gasteiger partial charge in [-0.15, -0.1) is 0 Å². The van der Waals surface area contributed by atoms with Crippen molar-refractivity contribution in [2.45, 2.75) is 16.3 Å². The van der Waals surface area contributed by atoms with E-state index < -0.39 is 25.6 Å². The third-order valence-electron chi connectivity index (χ3n) is 2.93. The smallest absolute Gasteiger partial charge is 0.241 e. The van der Waals surface area contributed by atoms with Crippen molar-refractivity contribution in [2.75, 3.05) is 6.26 Å². The number of sulfonamides is 1. The molecule has 0 radical (unpaired) electrons. The summed E-state index contributed by atoms with van der Waals surface area (Å²) < 4.78 is 49.4. The molecule has 1 heterocycles. The van der Waals surface area contributed by atoms with Gasteiger partial charge in [0.15, 0.2) is 9.84 Å². The average molecular weight is 411 g/mol. The van der Waals surface area contributed by atoms with E-state index in [4.69, 9.17) is 23.2 Å². The number of pyridine rings is 1. The van der Waals surface area contributed by atoms with Gasteiger partial charge in [-0.25, -0.2) is 21.6 Å². The van der Waals surface area contributed by atoms with Gasteiger partial charge in [0.05, 0.1) is 22.0 Å². The van der Waals surface area contributed by atoms with Crippen molar-refractivity contribution in [3.05, 3.63) is 46.2 Å². The van der Waals surface area contributed by atoms with E-state index in [0.717, 1.165) is 18.5 Å². The van der Waals surface area contributed by atoms with Crippen LogP contribution in [0.15, 0.2) is 40.3 Å². The molecule has 2 aromatic rings. The summed E-state index contributed by atoms with van der Waals surface area (Å²) in [6, 6.07) is 4.83.